The van der Waals surface area contributed by atoms with Crippen LogP contribution in [0.2, 0.25) is 0 Å². The predicted molar refractivity (Wildman–Crippen MR) is 67.5 cm³/mol. The Balaban J connectivity index is 2.29. The van der Waals surface area contributed by atoms with Crippen molar-refractivity contribution in [2.24, 2.45) is 5.41 Å². The number of carbonyl (C=O) groups is 1. The summed E-state index contributed by atoms with van der Waals surface area (Å²) in [6, 6.07) is 7.46. The molecule has 1 aromatic carbocycles. The molecule has 1 aliphatic rings. The molecule has 0 bridgehead atoms. The Morgan fingerprint density at radius 2 is 2.18 bits per heavy atom. The van der Waals surface area contributed by atoms with Gasteiger partial charge >= 0.3 is 0 Å². The number of methoxy groups -OCH3 is 1. The predicted octanol–water partition coefficient (Wildman–Crippen LogP) is 2.27. The minimum Gasteiger partial charge on any atom is -0.496 e. The van der Waals surface area contributed by atoms with Gasteiger partial charge in [0, 0.05) is 12.0 Å². The van der Waals surface area contributed by atoms with E-state index in [0.29, 0.717) is 11.3 Å². The van der Waals surface area contributed by atoms with Gasteiger partial charge in [-0.25, -0.2) is 0 Å². The standard InChI is InChI=1S/C14H19NO2/c1-14(8-5-9-15-10-14)13(16)11-6-3-4-7-12(11)17-2/h3-4,6-7,15H,5,8-10H2,1-2H3. The first-order valence-corrected chi connectivity index (χ1v) is 6.06. The van der Waals surface area contributed by atoms with Gasteiger partial charge in [0.2, 0.25) is 0 Å². The lowest BCUT2D eigenvalue weighted by Crippen LogP contribution is -2.43. The molecule has 1 N–H and O–H groups in total. The van der Waals surface area contributed by atoms with Crippen LogP contribution in [-0.2, 0) is 0 Å². The fraction of sp³-hybridized carbons (Fsp3) is 0.500. The van der Waals surface area contributed by atoms with E-state index in [1.807, 2.05) is 31.2 Å². The molecule has 92 valence electrons. The average molecular weight is 233 g/mol. The first kappa shape index (κ1) is 12.1. The van der Waals surface area contributed by atoms with Crippen LogP contribution in [0.4, 0.5) is 0 Å². The Morgan fingerprint density at radius 1 is 1.41 bits per heavy atom. The second-order valence-corrected chi connectivity index (χ2v) is 4.87. The lowest BCUT2D eigenvalue weighted by molar-refractivity contribution is 0.0769. The molecule has 0 aliphatic carbocycles. The number of carbonyl (C=O) groups excluding carboxylic acids is 1. The number of benzene rings is 1. The molecule has 0 radical (unpaired) electrons. The zero-order valence-electron chi connectivity index (χ0n) is 10.5. The first-order valence-electron chi connectivity index (χ1n) is 6.06. The van der Waals surface area contributed by atoms with E-state index in [-0.39, 0.29) is 11.2 Å². The Morgan fingerprint density at radius 3 is 2.82 bits per heavy atom. The molecule has 1 fully saturated rings. The lowest BCUT2D eigenvalue weighted by atomic mass is 9.76. The van der Waals surface area contributed by atoms with E-state index in [0.717, 1.165) is 25.9 Å². The molecule has 2 rings (SSSR count). The van der Waals surface area contributed by atoms with Crippen molar-refractivity contribution >= 4 is 5.78 Å². The van der Waals surface area contributed by atoms with Gasteiger partial charge in [0.25, 0.3) is 0 Å². The van der Waals surface area contributed by atoms with Gasteiger partial charge in [0.1, 0.15) is 5.75 Å². The largest absolute Gasteiger partial charge is 0.496 e. The number of Topliss-reactive ketones (excluding diaryl/α,β-unsaturated/α-hetero) is 1. The molecule has 1 saturated heterocycles. The molecule has 1 aromatic rings. The van der Waals surface area contributed by atoms with Crippen LogP contribution in [-0.4, -0.2) is 26.0 Å². The molecule has 0 spiro atoms. The van der Waals surface area contributed by atoms with Gasteiger partial charge in [-0.05, 0) is 31.5 Å². The Labute approximate surface area is 102 Å². The summed E-state index contributed by atoms with van der Waals surface area (Å²) in [7, 11) is 1.60. The van der Waals surface area contributed by atoms with Crippen LogP contribution < -0.4 is 10.1 Å². The van der Waals surface area contributed by atoms with Crippen LogP contribution in [0, 0.1) is 5.41 Å². The normalized spacial score (nSPS) is 24.4. The maximum Gasteiger partial charge on any atom is 0.173 e. The Bertz CT molecular complexity index is 408. The van der Waals surface area contributed by atoms with E-state index in [1.165, 1.54) is 0 Å². The molecule has 3 nitrogen and oxygen atoms in total. The van der Waals surface area contributed by atoms with E-state index in [9.17, 15) is 4.79 Å². The molecule has 3 heteroatoms. The number of hydrogen-bond donors (Lipinski definition) is 1. The quantitative estimate of drug-likeness (QED) is 0.814. The fourth-order valence-electron chi connectivity index (χ4n) is 2.41. The zero-order chi connectivity index (χ0) is 12.3. The van der Waals surface area contributed by atoms with Crippen LogP contribution in [0.5, 0.6) is 5.75 Å². The van der Waals surface area contributed by atoms with Crippen LogP contribution in [0.1, 0.15) is 30.1 Å². The third-order valence-corrected chi connectivity index (χ3v) is 3.50. The van der Waals surface area contributed by atoms with Crippen molar-refractivity contribution < 1.29 is 9.53 Å². The van der Waals surface area contributed by atoms with Gasteiger partial charge in [0.05, 0.1) is 12.7 Å². The van der Waals surface area contributed by atoms with Crippen molar-refractivity contribution in [2.45, 2.75) is 19.8 Å². The van der Waals surface area contributed by atoms with Crippen LogP contribution >= 0.6 is 0 Å². The monoisotopic (exact) mass is 233 g/mol. The first-order chi connectivity index (χ1) is 8.17. The second kappa shape index (κ2) is 4.88. The van der Waals surface area contributed by atoms with E-state index < -0.39 is 0 Å². The highest BCUT2D eigenvalue weighted by molar-refractivity contribution is 6.02. The lowest BCUT2D eigenvalue weighted by Gasteiger charge is -2.33. The van der Waals surface area contributed by atoms with Gasteiger partial charge in [-0.3, -0.25) is 4.79 Å². The summed E-state index contributed by atoms with van der Waals surface area (Å²) in [6.07, 6.45) is 1.99. The Kier molecular flexibility index (Phi) is 3.48. The summed E-state index contributed by atoms with van der Waals surface area (Å²) in [5.74, 6) is 0.853. The second-order valence-electron chi connectivity index (χ2n) is 4.87. The molecule has 0 amide bonds. The van der Waals surface area contributed by atoms with Gasteiger partial charge in [-0.15, -0.1) is 0 Å². The summed E-state index contributed by atoms with van der Waals surface area (Å²) in [6.45, 7) is 3.80. The van der Waals surface area contributed by atoms with E-state index in [2.05, 4.69) is 5.32 Å². The SMILES string of the molecule is COc1ccccc1C(=O)C1(C)CCCNC1. The van der Waals surface area contributed by atoms with Gasteiger partial charge < -0.3 is 10.1 Å². The van der Waals surface area contributed by atoms with Gasteiger partial charge in [-0.2, -0.15) is 0 Å². The molecular formula is C14H19NO2. The molecule has 17 heavy (non-hydrogen) atoms. The number of ether oxygens (including phenoxy) is 1. The number of hydrogen-bond acceptors (Lipinski definition) is 3. The summed E-state index contributed by atoms with van der Waals surface area (Å²) >= 11 is 0. The van der Waals surface area contributed by atoms with E-state index in [4.69, 9.17) is 4.74 Å². The molecule has 1 heterocycles. The van der Waals surface area contributed by atoms with Crippen molar-refractivity contribution in [2.75, 3.05) is 20.2 Å². The minimum atomic E-state index is -0.299. The van der Waals surface area contributed by atoms with Crippen molar-refractivity contribution in [3.05, 3.63) is 29.8 Å². The number of rotatable bonds is 3. The maximum absolute atomic E-state index is 12.6. The fourth-order valence-corrected chi connectivity index (χ4v) is 2.41. The van der Waals surface area contributed by atoms with Gasteiger partial charge in [0.15, 0.2) is 5.78 Å². The smallest absolute Gasteiger partial charge is 0.173 e. The molecule has 1 unspecified atom stereocenters. The summed E-state index contributed by atoms with van der Waals surface area (Å²) < 4.78 is 5.26. The maximum atomic E-state index is 12.6. The van der Waals surface area contributed by atoms with Crippen LogP contribution in [0.15, 0.2) is 24.3 Å². The number of ketones is 1. The highest BCUT2D eigenvalue weighted by Crippen LogP contribution is 2.32. The minimum absolute atomic E-state index is 0.183. The summed E-state index contributed by atoms with van der Waals surface area (Å²) in [4.78, 5) is 12.6. The van der Waals surface area contributed by atoms with E-state index >= 15 is 0 Å². The van der Waals surface area contributed by atoms with Crippen molar-refractivity contribution in [1.29, 1.82) is 0 Å². The van der Waals surface area contributed by atoms with Crippen molar-refractivity contribution in [3.63, 3.8) is 0 Å². The molecule has 1 atom stereocenters. The van der Waals surface area contributed by atoms with Crippen molar-refractivity contribution in [3.8, 4) is 5.75 Å². The number of para-hydroxylation sites is 1. The van der Waals surface area contributed by atoms with E-state index in [1.54, 1.807) is 7.11 Å². The highest BCUT2D eigenvalue weighted by atomic mass is 16.5. The third-order valence-electron chi connectivity index (χ3n) is 3.50. The third kappa shape index (κ3) is 2.34. The highest BCUT2D eigenvalue weighted by Gasteiger charge is 2.36. The molecular weight excluding hydrogens is 214 g/mol. The van der Waals surface area contributed by atoms with Gasteiger partial charge in [-0.1, -0.05) is 19.1 Å². The van der Waals surface area contributed by atoms with Crippen LogP contribution in [0.25, 0.3) is 0 Å². The van der Waals surface area contributed by atoms with Crippen molar-refractivity contribution in [1.82, 2.24) is 5.32 Å². The molecule has 0 saturated carbocycles. The average Bonchev–Trinajstić information content (AvgIpc) is 2.38. The summed E-state index contributed by atoms with van der Waals surface area (Å²) in [5.41, 5.74) is 0.397. The zero-order valence-corrected chi connectivity index (χ0v) is 10.5. The summed E-state index contributed by atoms with van der Waals surface area (Å²) in [5, 5.41) is 3.30. The molecule has 0 aromatic heterocycles. The molecule has 1 aliphatic heterocycles. The Hall–Kier alpha value is -1.35. The number of piperidine rings is 1. The van der Waals surface area contributed by atoms with Crippen LogP contribution in [0.3, 0.4) is 0 Å². The topological polar surface area (TPSA) is 38.3 Å². The number of nitrogens with one attached hydrogen (secondary N) is 1.